The average molecular weight is 399 g/mol. The molecule has 1 N–H and O–H groups in total. The van der Waals surface area contributed by atoms with Gasteiger partial charge in [-0.3, -0.25) is 14.4 Å². The molecule has 0 bridgehead atoms. The third kappa shape index (κ3) is 4.70. The van der Waals surface area contributed by atoms with Crippen LogP contribution in [0.25, 0.3) is 0 Å². The highest BCUT2D eigenvalue weighted by Gasteiger charge is 2.24. The molecule has 0 aliphatic carbocycles. The quantitative estimate of drug-likeness (QED) is 0.801. The van der Waals surface area contributed by atoms with Crippen LogP contribution in [0.4, 0.5) is 0 Å². The van der Waals surface area contributed by atoms with Crippen molar-refractivity contribution in [3.8, 4) is 11.5 Å². The number of hydrogen-bond acceptors (Lipinski definition) is 6. The van der Waals surface area contributed by atoms with Crippen LogP contribution in [0.5, 0.6) is 11.5 Å². The van der Waals surface area contributed by atoms with Gasteiger partial charge in [-0.05, 0) is 56.3 Å². The molecule has 1 unspecified atom stereocenters. The first kappa shape index (κ1) is 19.7. The van der Waals surface area contributed by atoms with Crippen LogP contribution in [0.1, 0.15) is 41.7 Å². The van der Waals surface area contributed by atoms with Gasteiger partial charge in [0.2, 0.25) is 0 Å². The minimum Gasteiger partial charge on any atom is -0.508 e. The molecule has 2 aliphatic rings. The molecule has 2 aliphatic heterocycles. The van der Waals surface area contributed by atoms with Crippen LogP contribution < -0.4 is 4.74 Å². The zero-order valence-electron chi connectivity index (χ0n) is 17.0. The standard InChI is InChI=1S/C21H29N5O3/c1-29-18-6-7-20(27)17(11-18)14-24-8-4-5-16(12-24)13-26-15-19(22-23-26)21(28)25-9-2-3-10-25/h6-7,11,15-16,27H,2-5,8-10,12-14H2,1H3. The Balaban J connectivity index is 1.35. The molecule has 8 nitrogen and oxygen atoms in total. The third-order valence-corrected chi connectivity index (χ3v) is 5.88. The number of amides is 1. The van der Waals surface area contributed by atoms with Crippen molar-refractivity contribution in [2.24, 2.45) is 5.92 Å². The Labute approximate surface area is 171 Å². The minimum atomic E-state index is -0.00693. The summed E-state index contributed by atoms with van der Waals surface area (Å²) in [6.45, 7) is 5.01. The number of likely N-dealkylation sites (tertiary alicyclic amines) is 2. The topological polar surface area (TPSA) is 83.7 Å². The zero-order valence-corrected chi connectivity index (χ0v) is 17.0. The first-order chi connectivity index (χ1) is 14.1. The van der Waals surface area contributed by atoms with Gasteiger partial charge in [-0.15, -0.1) is 5.10 Å². The lowest BCUT2D eigenvalue weighted by molar-refractivity contribution is 0.0787. The number of phenolic OH excluding ortho intramolecular Hbond substituents is 1. The van der Waals surface area contributed by atoms with Gasteiger partial charge in [-0.25, -0.2) is 0 Å². The number of phenols is 1. The maximum atomic E-state index is 12.5. The highest BCUT2D eigenvalue weighted by Crippen LogP contribution is 2.27. The lowest BCUT2D eigenvalue weighted by atomic mass is 9.97. The molecule has 0 saturated carbocycles. The van der Waals surface area contributed by atoms with Gasteiger partial charge in [0.15, 0.2) is 5.69 Å². The molecule has 2 fully saturated rings. The molecule has 29 heavy (non-hydrogen) atoms. The fraction of sp³-hybridized carbons (Fsp3) is 0.571. The summed E-state index contributed by atoms with van der Waals surface area (Å²) in [6.07, 6.45) is 6.15. The highest BCUT2D eigenvalue weighted by molar-refractivity contribution is 5.92. The molecular weight excluding hydrogens is 370 g/mol. The van der Waals surface area contributed by atoms with E-state index in [0.29, 0.717) is 23.9 Å². The lowest BCUT2D eigenvalue weighted by Crippen LogP contribution is -2.36. The van der Waals surface area contributed by atoms with Gasteiger partial charge in [0, 0.05) is 38.3 Å². The Morgan fingerprint density at radius 2 is 2.07 bits per heavy atom. The van der Waals surface area contributed by atoms with Gasteiger partial charge >= 0.3 is 0 Å². The molecule has 1 aromatic carbocycles. The van der Waals surface area contributed by atoms with E-state index in [1.165, 1.54) is 0 Å². The third-order valence-electron chi connectivity index (χ3n) is 5.88. The summed E-state index contributed by atoms with van der Waals surface area (Å²) >= 11 is 0. The van der Waals surface area contributed by atoms with Gasteiger partial charge in [-0.1, -0.05) is 5.21 Å². The van der Waals surface area contributed by atoms with Crippen molar-refractivity contribution in [2.45, 2.75) is 38.8 Å². The second-order valence-corrected chi connectivity index (χ2v) is 8.06. The van der Waals surface area contributed by atoms with E-state index in [4.69, 9.17) is 4.74 Å². The van der Waals surface area contributed by atoms with Gasteiger partial charge < -0.3 is 14.7 Å². The van der Waals surface area contributed by atoms with Crippen molar-refractivity contribution in [3.05, 3.63) is 35.7 Å². The molecule has 156 valence electrons. The number of ether oxygens (including phenoxy) is 1. The number of carbonyl (C=O) groups excluding carboxylic acids is 1. The molecule has 0 radical (unpaired) electrons. The molecule has 3 heterocycles. The van der Waals surface area contributed by atoms with Crippen molar-refractivity contribution in [3.63, 3.8) is 0 Å². The molecule has 2 saturated heterocycles. The van der Waals surface area contributed by atoms with Crippen molar-refractivity contribution in [1.29, 1.82) is 0 Å². The number of carbonyl (C=O) groups is 1. The van der Waals surface area contributed by atoms with Crippen molar-refractivity contribution in [1.82, 2.24) is 24.8 Å². The fourth-order valence-electron chi connectivity index (χ4n) is 4.33. The maximum absolute atomic E-state index is 12.5. The zero-order chi connectivity index (χ0) is 20.2. The first-order valence-corrected chi connectivity index (χ1v) is 10.4. The second-order valence-electron chi connectivity index (χ2n) is 8.06. The van der Waals surface area contributed by atoms with E-state index in [1.54, 1.807) is 30.1 Å². The van der Waals surface area contributed by atoms with E-state index < -0.39 is 0 Å². The van der Waals surface area contributed by atoms with Crippen LogP contribution >= 0.6 is 0 Å². The first-order valence-electron chi connectivity index (χ1n) is 10.4. The Morgan fingerprint density at radius 3 is 2.86 bits per heavy atom. The molecule has 2 aromatic rings. The molecular formula is C21H29N5O3. The van der Waals surface area contributed by atoms with E-state index in [-0.39, 0.29) is 5.91 Å². The van der Waals surface area contributed by atoms with Gasteiger partial charge in [0.1, 0.15) is 11.5 Å². The van der Waals surface area contributed by atoms with Gasteiger partial charge in [-0.2, -0.15) is 0 Å². The summed E-state index contributed by atoms with van der Waals surface area (Å²) < 4.78 is 7.08. The molecule has 8 heteroatoms. The van der Waals surface area contributed by atoms with Crippen LogP contribution in [0, 0.1) is 5.92 Å². The Hall–Kier alpha value is -2.61. The maximum Gasteiger partial charge on any atom is 0.276 e. The fourth-order valence-corrected chi connectivity index (χ4v) is 4.33. The summed E-state index contributed by atoms with van der Waals surface area (Å²) in [5.41, 5.74) is 1.32. The number of hydrogen-bond donors (Lipinski definition) is 1. The number of rotatable bonds is 6. The SMILES string of the molecule is COc1ccc(O)c(CN2CCCC(Cn3cc(C(=O)N4CCCC4)nn3)C2)c1. The average Bonchev–Trinajstić information content (AvgIpc) is 3.42. The van der Waals surface area contributed by atoms with Crippen molar-refractivity contribution < 1.29 is 14.6 Å². The smallest absolute Gasteiger partial charge is 0.276 e. The summed E-state index contributed by atoms with van der Waals surface area (Å²) in [7, 11) is 1.63. The number of piperidine rings is 1. The molecule has 1 amide bonds. The van der Waals surface area contributed by atoms with E-state index in [9.17, 15) is 9.90 Å². The Morgan fingerprint density at radius 1 is 1.24 bits per heavy atom. The summed E-state index contributed by atoms with van der Waals surface area (Å²) in [5, 5.41) is 18.5. The molecule has 4 rings (SSSR count). The number of methoxy groups -OCH3 is 1. The Bertz CT molecular complexity index is 847. The second kappa shape index (κ2) is 8.82. The largest absolute Gasteiger partial charge is 0.508 e. The van der Waals surface area contributed by atoms with E-state index in [0.717, 1.165) is 69.7 Å². The molecule has 0 spiro atoms. The van der Waals surface area contributed by atoms with E-state index in [1.807, 2.05) is 11.0 Å². The number of benzene rings is 1. The lowest BCUT2D eigenvalue weighted by Gasteiger charge is -2.32. The highest BCUT2D eigenvalue weighted by atomic mass is 16.5. The summed E-state index contributed by atoms with van der Waals surface area (Å²) in [5.74, 6) is 1.49. The predicted octanol–water partition coefficient (Wildman–Crippen LogP) is 2.14. The van der Waals surface area contributed by atoms with Crippen LogP contribution in [0.3, 0.4) is 0 Å². The number of nitrogens with zero attached hydrogens (tertiary/aromatic N) is 5. The molecule has 1 atom stereocenters. The van der Waals surface area contributed by atoms with Gasteiger partial charge in [0.05, 0.1) is 13.3 Å². The monoisotopic (exact) mass is 399 g/mol. The van der Waals surface area contributed by atoms with Crippen molar-refractivity contribution >= 4 is 5.91 Å². The van der Waals surface area contributed by atoms with Crippen LogP contribution in [-0.2, 0) is 13.1 Å². The predicted molar refractivity (Wildman–Crippen MR) is 108 cm³/mol. The summed E-state index contributed by atoms with van der Waals surface area (Å²) in [4.78, 5) is 16.7. The number of aromatic nitrogens is 3. The Kier molecular flexibility index (Phi) is 5.99. The normalized spacial score (nSPS) is 20.2. The van der Waals surface area contributed by atoms with E-state index >= 15 is 0 Å². The summed E-state index contributed by atoms with van der Waals surface area (Å²) in [6, 6.07) is 5.35. The molecule has 1 aromatic heterocycles. The van der Waals surface area contributed by atoms with Crippen molar-refractivity contribution in [2.75, 3.05) is 33.3 Å². The van der Waals surface area contributed by atoms with Crippen LogP contribution in [0.2, 0.25) is 0 Å². The van der Waals surface area contributed by atoms with Crippen LogP contribution in [-0.4, -0.2) is 69.1 Å². The van der Waals surface area contributed by atoms with E-state index in [2.05, 4.69) is 15.2 Å². The van der Waals surface area contributed by atoms with Crippen LogP contribution in [0.15, 0.2) is 24.4 Å². The number of aromatic hydroxyl groups is 1. The minimum absolute atomic E-state index is 0.00693. The van der Waals surface area contributed by atoms with Gasteiger partial charge in [0.25, 0.3) is 5.91 Å².